The van der Waals surface area contributed by atoms with E-state index in [0.717, 1.165) is 24.0 Å². The second-order valence-corrected chi connectivity index (χ2v) is 11.8. The summed E-state index contributed by atoms with van der Waals surface area (Å²) in [5.41, 5.74) is 1.44. The fourth-order valence-corrected chi connectivity index (χ4v) is 8.12. The third-order valence-corrected chi connectivity index (χ3v) is 9.94. The third kappa shape index (κ3) is 3.06. The van der Waals surface area contributed by atoms with Crippen molar-refractivity contribution in [1.82, 2.24) is 0 Å². The maximum absolute atomic E-state index is 13.9. The lowest BCUT2D eigenvalue weighted by Crippen LogP contribution is -2.66. The Labute approximate surface area is 200 Å². The molecule has 1 aromatic heterocycles. The van der Waals surface area contributed by atoms with Gasteiger partial charge < -0.3 is 24.1 Å². The first-order chi connectivity index (χ1) is 16.0. The number of allylic oxidation sites excluding steroid dienone is 1. The van der Waals surface area contributed by atoms with Gasteiger partial charge >= 0.3 is 5.97 Å². The lowest BCUT2D eigenvalue weighted by molar-refractivity contribution is -0.201. The standard InChI is InChI=1S/C27H36O7/c1-25(2)19(12-20(28)32-5)27(4)17-6-8-26(3)18(15(17)10-16(22(25)30)23(27)31)11-21(29)34-24(26)14-7-9-33-13-14/h7,9,13,16-17,19,21-22,24,29-30H,6,8,10-12H2,1-5H3/t16-,17?,19+,21?,22+,24+,26-,27-/m1/s1. The van der Waals surface area contributed by atoms with E-state index < -0.39 is 29.1 Å². The molecule has 0 amide bonds. The highest BCUT2D eigenvalue weighted by molar-refractivity contribution is 5.92. The van der Waals surface area contributed by atoms with Crippen molar-refractivity contribution in [1.29, 1.82) is 0 Å². The highest BCUT2D eigenvalue weighted by Crippen LogP contribution is 2.67. The summed E-state index contributed by atoms with van der Waals surface area (Å²) in [5.74, 6) is -1.23. The summed E-state index contributed by atoms with van der Waals surface area (Å²) in [4.78, 5) is 26.4. The van der Waals surface area contributed by atoms with Crippen molar-refractivity contribution in [2.24, 2.45) is 34.0 Å². The molecule has 0 radical (unpaired) electrons. The first-order valence-corrected chi connectivity index (χ1v) is 12.3. The third-order valence-electron chi connectivity index (χ3n) is 9.94. The van der Waals surface area contributed by atoms with Gasteiger partial charge in [0.1, 0.15) is 5.78 Å². The lowest BCUT2D eigenvalue weighted by Gasteiger charge is -2.63. The van der Waals surface area contributed by atoms with Gasteiger partial charge in [0, 0.05) is 35.2 Å². The number of fused-ring (bicyclic) bond motifs is 5. The average molecular weight is 473 g/mol. The van der Waals surface area contributed by atoms with Gasteiger partial charge in [0.2, 0.25) is 0 Å². The van der Waals surface area contributed by atoms with Gasteiger partial charge in [0.05, 0.1) is 31.8 Å². The van der Waals surface area contributed by atoms with E-state index in [1.807, 2.05) is 26.8 Å². The summed E-state index contributed by atoms with van der Waals surface area (Å²) in [7, 11) is 1.36. The minimum atomic E-state index is -0.952. The average Bonchev–Trinajstić information content (AvgIpc) is 3.32. The first-order valence-electron chi connectivity index (χ1n) is 12.3. The molecule has 2 unspecified atom stereocenters. The number of Topliss-reactive ketones (excluding diaryl/α,β-unsaturated/α-hetero) is 1. The normalized spacial score (nSPS) is 43.2. The van der Waals surface area contributed by atoms with Gasteiger partial charge in [0.25, 0.3) is 0 Å². The van der Waals surface area contributed by atoms with Gasteiger partial charge in [-0.05, 0) is 42.6 Å². The van der Waals surface area contributed by atoms with Crippen LogP contribution in [0.15, 0.2) is 34.2 Å². The smallest absolute Gasteiger partial charge is 0.305 e. The second kappa shape index (κ2) is 7.77. The zero-order valence-electron chi connectivity index (χ0n) is 20.7. The molecule has 2 heterocycles. The molecule has 2 saturated carbocycles. The molecule has 1 aliphatic heterocycles. The van der Waals surface area contributed by atoms with Crippen LogP contribution in [0.4, 0.5) is 0 Å². The van der Waals surface area contributed by atoms with Crippen LogP contribution in [0.25, 0.3) is 0 Å². The molecule has 5 rings (SSSR count). The predicted octanol–water partition coefficient (Wildman–Crippen LogP) is 3.95. The number of hydrogen-bond acceptors (Lipinski definition) is 7. The van der Waals surface area contributed by atoms with Crippen LogP contribution in [0.3, 0.4) is 0 Å². The molecular formula is C27H36O7. The summed E-state index contributed by atoms with van der Waals surface area (Å²) >= 11 is 0. The fraction of sp³-hybridized carbons (Fsp3) is 0.704. The molecule has 7 heteroatoms. The number of carbonyl (C=O) groups excluding carboxylic acids is 2. The summed E-state index contributed by atoms with van der Waals surface area (Å²) in [6, 6.07) is 1.88. The number of methoxy groups -OCH3 is 1. The molecule has 8 atom stereocenters. The van der Waals surface area contributed by atoms with Crippen molar-refractivity contribution in [2.45, 2.75) is 78.3 Å². The number of aliphatic hydroxyl groups is 2. The summed E-state index contributed by atoms with van der Waals surface area (Å²) in [6.45, 7) is 8.12. The van der Waals surface area contributed by atoms with Crippen LogP contribution in [-0.2, 0) is 19.1 Å². The number of carbonyl (C=O) groups is 2. The van der Waals surface area contributed by atoms with Gasteiger partial charge in [-0.25, -0.2) is 0 Å². The van der Waals surface area contributed by atoms with E-state index in [-0.39, 0.29) is 41.5 Å². The van der Waals surface area contributed by atoms with Crippen molar-refractivity contribution >= 4 is 11.8 Å². The molecule has 7 nitrogen and oxygen atoms in total. The molecule has 1 aromatic rings. The molecular weight excluding hydrogens is 436 g/mol. The predicted molar refractivity (Wildman–Crippen MR) is 122 cm³/mol. The topological polar surface area (TPSA) is 106 Å². The molecule has 2 N–H and O–H groups in total. The van der Waals surface area contributed by atoms with E-state index in [4.69, 9.17) is 13.9 Å². The van der Waals surface area contributed by atoms with Gasteiger partial charge in [-0.15, -0.1) is 0 Å². The van der Waals surface area contributed by atoms with E-state index in [0.29, 0.717) is 12.8 Å². The lowest BCUT2D eigenvalue weighted by atomic mass is 9.40. The maximum atomic E-state index is 13.9. The fourth-order valence-electron chi connectivity index (χ4n) is 8.12. The van der Waals surface area contributed by atoms with Crippen molar-refractivity contribution in [2.75, 3.05) is 7.11 Å². The van der Waals surface area contributed by atoms with E-state index >= 15 is 0 Å². The molecule has 3 aliphatic carbocycles. The Hall–Kier alpha value is -1.96. The Morgan fingerprint density at radius 1 is 1.21 bits per heavy atom. The highest BCUT2D eigenvalue weighted by Gasteiger charge is 2.67. The Morgan fingerprint density at radius 2 is 1.94 bits per heavy atom. The van der Waals surface area contributed by atoms with Crippen LogP contribution in [-0.4, -0.2) is 41.5 Å². The molecule has 4 aliphatic rings. The van der Waals surface area contributed by atoms with Crippen LogP contribution >= 0.6 is 0 Å². The van der Waals surface area contributed by atoms with Gasteiger partial charge in [0.15, 0.2) is 6.29 Å². The van der Waals surface area contributed by atoms with Crippen LogP contribution < -0.4 is 0 Å². The number of esters is 1. The molecule has 186 valence electrons. The zero-order valence-corrected chi connectivity index (χ0v) is 20.7. The van der Waals surface area contributed by atoms with Crippen LogP contribution in [0.1, 0.15) is 71.5 Å². The molecule has 0 spiro atoms. The first kappa shape index (κ1) is 23.8. The summed E-state index contributed by atoms with van der Waals surface area (Å²) in [6.07, 6.45) is 3.66. The number of rotatable bonds is 3. The largest absolute Gasteiger partial charge is 0.472 e. The summed E-state index contributed by atoms with van der Waals surface area (Å²) in [5, 5.41) is 22.1. The Balaban J connectivity index is 1.66. The number of hydrogen-bond donors (Lipinski definition) is 2. The Morgan fingerprint density at radius 3 is 2.59 bits per heavy atom. The monoisotopic (exact) mass is 472 g/mol. The number of ether oxygens (including phenoxy) is 2. The quantitative estimate of drug-likeness (QED) is 0.507. The van der Waals surface area contributed by atoms with E-state index in [2.05, 4.69) is 6.92 Å². The zero-order chi connectivity index (χ0) is 24.6. The van der Waals surface area contributed by atoms with E-state index in [1.165, 1.54) is 12.7 Å². The van der Waals surface area contributed by atoms with Crippen molar-refractivity contribution < 1.29 is 33.7 Å². The molecule has 0 aromatic carbocycles. The minimum absolute atomic E-state index is 0.0453. The van der Waals surface area contributed by atoms with Gasteiger partial charge in [-0.3, -0.25) is 9.59 Å². The minimum Gasteiger partial charge on any atom is -0.472 e. The molecule has 3 fully saturated rings. The van der Waals surface area contributed by atoms with Gasteiger partial charge in [-0.1, -0.05) is 38.8 Å². The second-order valence-electron chi connectivity index (χ2n) is 11.8. The molecule has 2 bridgehead atoms. The van der Waals surface area contributed by atoms with Crippen molar-refractivity contribution in [3.63, 3.8) is 0 Å². The number of aliphatic hydroxyl groups excluding tert-OH is 2. The maximum Gasteiger partial charge on any atom is 0.305 e. The number of furan rings is 1. The highest BCUT2D eigenvalue weighted by atomic mass is 16.6. The summed E-state index contributed by atoms with van der Waals surface area (Å²) < 4.78 is 16.4. The Bertz CT molecular complexity index is 1020. The SMILES string of the molecule is COC(=O)C[C@H]1C(C)(C)[C@@H](O)[C@H]2CC3=C4CC(O)O[C@@H](c5ccoc5)[C@]4(C)CCC3[C@@]1(C)C2=O. The van der Waals surface area contributed by atoms with Crippen LogP contribution in [0.2, 0.25) is 0 Å². The van der Waals surface area contributed by atoms with E-state index in [9.17, 15) is 19.8 Å². The van der Waals surface area contributed by atoms with Crippen LogP contribution in [0.5, 0.6) is 0 Å². The van der Waals surface area contributed by atoms with E-state index in [1.54, 1.807) is 12.5 Å². The van der Waals surface area contributed by atoms with Crippen LogP contribution in [0, 0.1) is 34.0 Å². The van der Waals surface area contributed by atoms with Crippen molar-refractivity contribution in [3.05, 3.63) is 35.3 Å². The Kier molecular flexibility index (Phi) is 5.43. The van der Waals surface area contributed by atoms with Gasteiger partial charge in [-0.2, -0.15) is 0 Å². The van der Waals surface area contributed by atoms with Crippen molar-refractivity contribution in [3.8, 4) is 0 Å². The molecule has 1 saturated heterocycles. The molecule has 34 heavy (non-hydrogen) atoms. The number of ketones is 1.